The average molecular weight is 471 g/mol. The van der Waals surface area contributed by atoms with Gasteiger partial charge in [0.1, 0.15) is 17.1 Å². The van der Waals surface area contributed by atoms with Crippen molar-refractivity contribution in [2.75, 3.05) is 24.9 Å². The van der Waals surface area contributed by atoms with Crippen molar-refractivity contribution in [3.05, 3.63) is 77.3 Å². The number of carbonyl (C=O) groups excluding carboxylic acids is 2. The van der Waals surface area contributed by atoms with Gasteiger partial charge in [0, 0.05) is 21.3 Å². The number of nitrogens with one attached hydrogen (secondary N) is 2. The molecule has 32 heavy (non-hydrogen) atoms. The molecule has 3 aromatic rings. The summed E-state index contributed by atoms with van der Waals surface area (Å²) in [4.78, 5) is 26.1. The Morgan fingerprint density at radius 3 is 1.94 bits per heavy atom. The van der Waals surface area contributed by atoms with Crippen LogP contribution in [0.25, 0.3) is 0 Å². The molecule has 0 radical (unpaired) electrons. The number of benzene rings is 3. The molecule has 0 aliphatic rings. The van der Waals surface area contributed by atoms with Crippen molar-refractivity contribution in [1.82, 2.24) is 0 Å². The lowest BCUT2D eigenvalue weighted by atomic mass is 10.1. The zero-order chi connectivity index (χ0) is 23.1. The van der Waals surface area contributed by atoms with Crippen LogP contribution < -0.4 is 20.1 Å². The molecule has 0 bridgehead atoms. The predicted octanol–water partition coefficient (Wildman–Crippen LogP) is 5.73. The van der Waals surface area contributed by atoms with Gasteiger partial charge in [-0.15, -0.1) is 11.8 Å². The second-order valence-electron chi connectivity index (χ2n) is 6.77. The molecule has 0 spiro atoms. The third kappa shape index (κ3) is 5.96. The zero-order valence-corrected chi connectivity index (χ0v) is 19.4. The summed E-state index contributed by atoms with van der Waals surface area (Å²) < 4.78 is 10.6. The standard InChI is InChI=1S/C24H23ClN2O4S/c1-15(23(28)26-17-9-7-16(25)8-10-17)32-19-13-11-18(12-14-19)27-24(29)22-20(30-2)5-4-6-21(22)31-3/h4-15H,1-3H3,(H,26,28)(H,27,29). The smallest absolute Gasteiger partial charge is 0.263 e. The molecule has 6 nitrogen and oxygen atoms in total. The second-order valence-corrected chi connectivity index (χ2v) is 8.62. The Morgan fingerprint density at radius 1 is 0.844 bits per heavy atom. The van der Waals surface area contributed by atoms with E-state index in [9.17, 15) is 9.59 Å². The number of halogens is 1. The van der Waals surface area contributed by atoms with Crippen molar-refractivity contribution in [3.8, 4) is 11.5 Å². The van der Waals surface area contributed by atoms with Gasteiger partial charge in [-0.05, 0) is 67.6 Å². The Morgan fingerprint density at radius 2 is 1.38 bits per heavy atom. The number of hydrogen-bond donors (Lipinski definition) is 2. The summed E-state index contributed by atoms with van der Waals surface area (Å²) in [5, 5.41) is 6.01. The van der Waals surface area contributed by atoms with E-state index in [1.54, 1.807) is 54.6 Å². The minimum absolute atomic E-state index is 0.113. The number of anilines is 2. The fourth-order valence-corrected chi connectivity index (χ4v) is 3.91. The van der Waals surface area contributed by atoms with E-state index < -0.39 is 0 Å². The highest BCUT2D eigenvalue weighted by atomic mass is 35.5. The van der Waals surface area contributed by atoms with Gasteiger partial charge in [-0.1, -0.05) is 17.7 Å². The molecule has 0 aromatic heterocycles. The molecule has 3 rings (SSSR count). The Balaban J connectivity index is 1.62. The molecule has 0 saturated carbocycles. The van der Waals surface area contributed by atoms with E-state index in [4.69, 9.17) is 21.1 Å². The van der Waals surface area contributed by atoms with Crippen LogP contribution in [0, 0.1) is 0 Å². The number of carbonyl (C=O) groups is 2. The molecule has 8 heteroatoms. The van der Waals surface area contributed by atoms with Gasteiger partial charge in [0.15, 0.2) is 0 Å². The van der Waals surface area contributed by atoms with Crippen LogP contribution in [-0.2, 0) is 4.79 Å². The minimum atomic E-state index is -0.338. The Hall–Kier alpha value is -3.16. The van der Waals surface area contributed by atoms with E-state index in [2.05, 4.69) is 10.6 Å². The minimum Gasteiger partial charge on any atom is -0.496 e. The number of rotatable bonds is 8. The summed E-state index contributed by atoms with van der Waals surface area (Å²) in [6.07, 6.45) is 0. The van der Waals surface area contributed by atoms with Crippen molar-refractivity contribution in [1.29, 1.82) is 0 Å². The van der Waals surface area contributed by atoms with Crippen LogP contribution in [0.15, 0.2) is 71.6 Å². The summed E-state index contributed by atoms with van der Waals surface area (Å²) in [5.74, 6) is 0.400. The van der Waals surface area contributed by atoms with Crippen molar-refractivity contribution in [2.24, 2.45) is 0 Å². The molecule has 0 aliphatic heterocycles. The lowest BCUT2D eigenvalue weighted by molar-refractivity contribution is -0.115. The summed E-state index contributed by atoms with van der Waals surface area (Å²) in [7, 11) is 3.00. The number of methoxy groups -OCH3 is 2. The molecule has 0 aliphatic carbocycles. The Bertz CT molecular complexity index is 1070. The van der Waals surface area contributed by atoms with Gasteiger partial charge < -0.3 is 20.1 Å². The molecule has 2 amide bonds. The van der Waals surface area contributed by atoms with E-state index >= 15 is 0 Å². The SMILES string of the molecule is COc1cccc(OC)c1C(=O)Nc1ccc(SC(C)C(=O)Nc2ccc(Cl)cc2)cc1. The highest BCUT2D eigenvalue weighted by molar-refractivity contribution is 8.00. The second kappa shape index (κ2) is 10.9. The first-order valence-corrected chi connectivity index (χ1v) is 11.0. The molecule has 1 atom stereocenters. The van der Waals surface area contributed by atoms with Crippen LogP contribution >= 0.6 is 23.4 Å². The van der Waals surface area contributed by atoms with Gasteiger partial charge in [-0.3, -0.25) is 9.59 Å². The molecule has 0 fully saturated rings. The molecule has 166 valence electrons. The molecular formula is C24H23ClN2O4S. The number of ether oxygens (including phenoxy) is 2. The molecule has 1 unspecified atom stereocenters. The lowest BCUT2D eigenvalue weighted by Gasteiger charge is -2.14. The molecule has 2 N–H and O–H groups in total. The number of hydrogen-bond acceptors (Lipinski definition) is 5. The van der Waals surface area contributed by atoms with Crippen LogP contribution in [0.2, 0.25) is 5.02 Å². The van der Waals surface area contributed by atoms with E-state index in [-0.39, 0.29) is 17.1 Å². The highest BCUT2D eigenvalue weighted by Gasteiger charge is 2.19. The maximum absolute atomic E-state index is 12.8. The van der Waals surface area contributed by atoms with E-state index in [0.29, 0.717) is 33.5 Å². The third-order valence-electron chi connectivity index (χ3n) is 4.56. The summed E-state index contributed by atoms with van der Waals surface area (Å²) in [6.45, 7) is 1.83. The van der Waals surface area contributed by atoms with Crippen molar-refractivity contribution >= 4 is 46.6 Å². The summed E-state index contributed by atoms with van der Waals surface area (Å²) >= 11 is 7.29. The van der Waals surface area contributed by atoms with Crippen LogP contribution in [0.3, 0.4) is 0 Å². The summed E-state index contributed by atoms with van der Waals surface area (Å²) in [6, 6.07) is 19.4. The van der Waals surface area contributed by atoms with Crippen LogP contribution in [0.4, 0.5) is 11.4 Å². The van der Waals surface area contributed by atoms with Crippen molar-refractivity contribution in [3.63, 3.8) is 0 Å². The van der Waals surface area contributed by atoms with Gasteiger partial charge in [0.25, 0.3) is 5.91 Å². The first-order chi connectivity index (χ1) is 15.4. The van der Waals surface area contributed by atoms with Gasteiger partial charge in [0.2, 0.25) is 5.91 Å². The van der Waals surface area contributed by atoms with Gasteiger partial charge in [-0.25, -0.2) is 0 Å². The molecule has 3 aromatic carbocycles. The topological polar surface area (TPSA) is 76.7 Å². The number of thioether (sulfide) groups is 1. The van der Waals surface area contributed by atoms with Gasteiger partial charge in [0.05, 0.1) is 19.5 Å². The molecule has 0 heterocycles. The predicted molar refractivity (Wildman–Crippen MR) is 129 cm³/mol. The quantitative estimate of drug-likeness (QED) is 0.411. The Kier molecular flexibility index (Phi) is 8.03. The van der Waals surface area contributed by atoms with Gasteiger partial charge in [-0.2, -0.15) is 0 Å². The van der Waals surface area contributed by atoms with Crippen molar-refractivity contribution < 1.29 is 19.1 Å². The van der Waals surface area contributed by atoms with Crippen LogP contribution in [-0.4, -0.2) is 31.3 Å². The molecular weight excluding hydrogens is 448 g/mol. The van der Waals surface area contributed by atoms with Crippen LogP contribution in [0.1, 0.15) is 17.3 Å². The van der Waals surface area contributed by atoms with E-state index in [0.717, 1.165) is 4.90 Å². The zero-order valence-electron chi connectivity index (χ0n) is 17.8. The lowest BCUT2D eigenvalue weighted by Crippen LogP contribution is -2.22. The fraction of sp³-hybridized carbons (Fsp3) is 0.167. The van der Waals surface area contributed by atoms with E-state index in [1.165, 1.54) is 26.0 Å². The first-order valence-electron chi connectivity index (χ1n) is 9.76. The maximum atomic E-state index is 12.8. The fourth-order valence-electron chi connectivity index (χ4n) is 2.92. The average Bonchev–Trinajstić information content (AvgIpc) is 2.81. The first kappa shape index (κ1) is 23.5. The highest BCUT2D eigenvalue weighted by Crippen LogP contribution is 2.30. The number of amides is 2. The van der Waals surface area contributed by atoms with Gasteiger partial charge >= 0.3 is 0 Å². The molecule has 0 saturated heterocycles. The van der Waals surface area contributed by atoms with E-state index in [1.807, 2.05) is 19.1 Å². The normalized spacial score (nSPS) is 11.4. The van der Waals surface area contributed by atoms with Crippen molar-refractivity contribution in [2.45, 2.75) is 17.1 Å². The largest absolute Gasteiger partial charge is 0.496 e. The monoisotopic (exact) mass is 470 g/mol. The maximum Gasteiger partial charge on any atom is 0.263 e. The third-order valence-corrected chi connectivity index (χ3v) is 5.92. The summed E-state index contributed by atoms with van der Waals surface area (Å²) in [5.41, 5.74) is 1.63. The van der Waals surface area contributed by atoms with Crippen LogP contribution in [0.5, 0.6) is 11.5 Å². The Labute approximate surface area is 196 Å².